The number of rotatable bonds is 5. The molecule has 0 saturated carbocycles. The molecule has 0 spiro atoms. The maximum absolute atomic E-state index is 12.4. The zero-order valence-electron chi connectivity index (χ0n) is 15.3. The van der Waals surface area contributed by atoms with Crippen LogP contribution in [0.25, 0.3) is 0 Å². The second-order valence-corrected chi connectivity index (χ2v) is 6.14. The lowest BCUT2D eigenvalue weighted by atomic mass is 10.2. The second kappa shape index (κ2) is 8.71. The molecule has 9 heteroatoms. The van der Waals surface area contributed by atoms with Crippen LogP contribution < -0.4 is 29.8 Å². The van der Waals surface area contributed by atoms with E-state index in [4.69, 9.17) is 30.5 Å². The molecule has 1 heterocycles. The molecule has 1 aliphatic rings. The van der Waals surface area contributed by atoms with Crippen LogP contribution in [0.2, 0.25) is 5.02 Å². The summed E-state index contributed by atoms with van der Waals surface area (Å²) in [5.41, 5.74) is 4.83. The Morgan fingerprint density at radius 1 is 1.21 bits per heavy atom. The summed E-state index contributed by atoms with van der Waals surface area (Å²) in [4.78, 5) is 24.6. The quantitative estimate of drug-likeness (QED) is 0.740. The third-order valence-electron chi connectivity index (χ3n) is 3.88. The van der Waals surface area contributed by atoms with Gasteiger partial charge in [0.15, 0.2) is 23.0 Å². The molecule has 3 rings (SSSR count). The number of hydrazine groups is 1. The minimum Gasteiger partial charge on any atom is -0.493 e. The molecular weight excluding hydrogens is 388 g/mol. The molecule has 0 aliphatic carbocycles. The molecule has 8 nitrogen and oxygen atoms in total. The predicted molar refractivity (Wildman–Crippen MR) is 101 cm³/mol. The number of ether oxygens (including phenoxy) is 4. The summed E-state index contributed by atoms with van der Waals surface area (Å²) in [5.74, 6) is 0.556. The molecule has 2 amide bonds. The molecule has 0 saturated heterocycles. The van der Waals surface area contributed by atoms with E-state index in [-0.39, 0.29) is 17.2 Å². The molecule has 0 radical (unpaired) electrons. The van der Waals surface area contributed by atoms with Gasteiger partial charge < -0.3 is 18.9 Å². The Morgan fingerprint density at radius 2 is 1.96 bits per heavy atom. The van der Waals surface area contributed by atoms with Gasteiger partial charge in [0.1, 0.15) is 6.61 Å². The number of para-hydroxylation sites is 2. The lowest BCUT2D eigenvalue weighted by Gasteiger charge is -2.25. The van der Waals surface area contributed by atoms with Gasteiger partial charge in [0.25, 0.3) is 11.8 Å². The Morgan fingerprint density at radius 3 is 2.68 bits per heavy atom. The number of halogens is 1. The summed E-state index contributed by atoms with van der Waals surface area (Å²) in [6.45, 7) is 2.23. The van der Waals surface area contributed by atoms with Crippen LogP contribution in [0.15, 0.2) is 36.4 Å². The first-order valence-corrected chi connectivity index (χ1v) is 8.90. The predicted octanol–water partition coefficient (Wildman–Crippen LogP) is 2.35. The van der Waals surface area contributed by atoms with Gasteiger partial charge in [0, 0.05) is 5.56 Å². The highest BCUT2D eigenvalue weighted by Crippen LogP contribution is 2.36. The Balaban J connectivity index is 1.63. The van der Waals surface area contributed by atoms with E-state index in [1.165, 1.54) is 19.2 Å². The minimum atomic E-state index is -0.895. The van der Waals surface area contributed by atoms with Gasteiger partial charge in [-0.3, -0.25) is 20.4 Å². The van der Waals surface area contributed by atoms with E-state index in [1.807, 2.05) is 0 Å². The second-order valence-electron chi connectivity index (χ2n) is 5.73. The van der Waals surface area contributed by atoms with Gasteiger partial charge in [0.05, 0.1) is 18.7 Å². The molecule has 2 aromatic carbocycles. The van der Waals surface area contributed by atoms with Crippen LogP contribution in [0.3, 0.4) is 0 Å². The van der Waals surface area contributed by atoms with Gasteiger partial charge in [0.2, 0.25) is 6.10 Å². The summed E-state index contributed by atoms with van der Waals surface area (Å²) < 4.78 is 21.7. The van der Waals surface area contributed by atoms with Crippen LogP contribution in [0.1, 0.15) is 17.3 Å². The van der Waals surface area contributed by atoms with Crippen molar-refractivity contribution in [3.63, 3.8) is 0 Å². The molecule has 2 N–H and O–H groups in total. The third-order valence-corrected chi connectivity index (χ3v) is 4.16. The maximum Gasteiger partial charge on any atom is 0.283 e. The van der Waals surface area contributed by atoms with Crippen LogP contribution in [-0.4, -0.2) is 38.2 Å². The number of benzene rings is 2. The van der Waals surface area contributed by atoms with Gasteiger partial charge in [-0.15, -0.1) is 0 Å². The number of fused-ring (bicyclic) bond motifs is 1. The fraction of sp³-hybridized carbons (Fsp3) is 0.263. The Bertz CT molecular complexity index is 889. The monoisotopic (exact) mass is 406 g/mol. The number of hydrogen-bond donors (Lipinski definition) is 2. The molecule has 1 unspecified atom stereocenters. The Hall–Kier alpha value is -3.13. The van der Waals surface area contributed by atoms with Crippen molar-refractivity contribution >= 4 is 23.4 Å². The zero-order valence-corrected chi connectivity index (χ0v) is 16.0. The number of carbonyl (C=O) groups excluding carboxylic acids is 2. The highest BCUT2D eigenvalue weighted by Gasteiger charge is 2.27. The van der Waals surface area contributed by atoms with E-state index < -0.39 is 17.9 Å². The Labute approximate surface area is 166 Å². The van der Waals surface area contributed by atoms with Crippen LogP contribution in [0, 0.1) is 0 Å². The highest BCUT2D eigenvalue weighted by atomic mass is 35.5. The molecule has 0 fully saturated rings. The summed E-state index contributed by atoms with van der Waals surface area (Å²) in [6.07, 6.45) is -0.895. The van der Waals surface area contributed by atoms with E-state index in [2.05, 4.69) is 10.9 Å². The van der Waals surface area contributed by atoms with Crippen LogP contribution in [0.4, 0.5) is 0 Å². The highest BCUT2D eigenvalue weighted by molar-refractivity contribution is 6.32. The van der Waals surface area contributed by atoms with Crippen molar-refractivity contribution in [2.45, 2.75) is 13.0 Å². The SMILES string of the molecule is CCOc1c(Cl)cc(C(=O)NNC(=O)C2COc3ccccc3O2)cc1OC. The molecule has 1 aliphatic heterocycles. The van der Waals surface area contributed by atoms with E-state index in [0.717, 1.165) is 0 Å². The smallest absolute Gasteiger partial charge is 0.283 e. The summed E-state index contributed by atoms with van der Waals surface area (Å²) >= 11 is 6.16. The van der Waals surface area contributed by atoms with Crippen molar-refractivity contribution in [3.05, 3.63) is 47.0 Å². The normalized spacial score (nSPS) is 14.8. The van der Waals surface area contributed by atoms with Gasteiger partial charge in [-0.05, 0) is 31.2 Å². The van der Waals surface area contributed by atoms with Crippen molar-refractivity contribution in [2.75, 3.05) is 20.3 Å². The molecule has 2 aromatic rings. The maximum atomic E-state index is 12.4. The van der Waals surface area contributed by atoms with E-state index in [0.29, 0.717) is 29.6 Å². The third kappa shape index (κ3) is 4.23. The summed E-state index contributed by atoms with van der Waals surface area (Å²) in [5, 5.41) is 0.221. The van der Waals surface area contributed by atoms with Gasteiger partial charge in [-0.2, -0.15) is 0 Å². The van der Waals surface area contributed by atoms with Gasteiger partial charge in [-0.25, -0.2) is 0 Å². The zero-order chi connectivity index (χ0) is 20.1. The average Bonchev–Trinajstić information content (AvgIpc) is 2.72. The molecule has 0 bridgehead atoms. The number of hydrogen-bond acceptors (Lipinski definition) is 6. The molecular formula is C19H19ClN2O6. The number of methoxy groups -OCH3 is 1. The fourth-order valence-corrected chi connectivity index (χ4v) is 2.82. The van der Waals surface area contributed by atoms with Crippen LogP contribution in [0.5, 0.6) is 23.0 Å². The fourth-order valence-electron chi connectivity index (χ4n) is 2.56. The lowest BCUT2D eigenvalue weighted by Crippen LogP contribution is -2.50. The Kier molecular flexibility index (Phi) is 6.10. The first-order valence-electron chi connectivity index (χ1n) is 8.52. The van der Waals surface area contributed by atoms with E-state index >= 15 is 0 Å². The topological polar surface area (TPSA) is 95.1 Å². The van der Waals surface area contributed by atoms with E-state index in [9.17, 15) is 9.59 Å². The first-order chi connectivity index (χ1) is 13.5. The first kappa shape index (κ1) is 19.6. The van der Waals surface area contributed by atoms with Crippen molar-refractivity contribution in [1.29, 1.82) is 0 Å². The van der Waals surface area contributed by atoms with Crippen LogP contribution in [-0.2, 0) is 4.79 Å². The molecule has 148 valence electrons. The van der Waals surface area contributed by atoms with Crippen LogP contribution >= 0.6 is 11.6 Å². The number of carbonyl (C=O) groups is 2. The van der Waals surface area contributed by atoms with E-state index in [1.54, 1.807) is 31.2 Å². The van der Waals surface area contributed by atoms with Crippen molar-refractivity contribution in [1.82, 2.24) is 10.9 Å². The molecule has 28 heavy (non-hydrogen) atoms. The van der Waals surface area contributed by atoms with Crippen molar-refractivity contribution in [2.24, 2.45) is 0 Å². The summed E-state index contributed by atoms with van der Waals surface area (Å²) in [7, 11) is 1.44. The number of amides is 2. The number of nitrogens with one attached hydrogen (secondary N) is 2. The average molecular weight is 407 g/mol. The largest absolute Gasteiger partial charge is 0.493 e. The standard InChI is InChI=1S/C19H19ClN2O6/c1-3-26-17-12(20)8-11(9-15(17)25-2)18(23)21-22-19(24)16-10-27-13-6-4-5-7-14(13)28-16/h4-9,16H,3,10H2,1-2H3,(H,21,23)(H,22,24). The van der Waals surface area contributed by atoms with Crippen molar-refractivity contribution in [3.8, 4) is 23.0 Å². The molecule has 1 atom stereocenters. The molecule has 0 aromatic heterocycles. The lowest BCUT2D eigenvalue weighted by molar-refractivity contribution is -0.131. The van der Waals surface area contributed by atoms with Gasteiger partial charge in [-0.1, -0.05) is 23.7 Å². The summed E-state index contributed by atoms with van der Waals surface area (Å²) in [6, 6.07) is 9.91. The van der Waals surface area contributed by atoms with Gasteiger partial charge >= 0.3 is 0 Å². The van der Waals surface area contributed by atoms with Crippen molar-refractivity contribution < 1.29 is 28.5 Å². The minimum absolute atomic E-state index is 0.0292.